The van der Waals surface area contributed by atoms with Gasteiger partial charge in [-0.05, 0) is 13.5 Å². The molecule has 1 aromatic rings. The Kier molecular flexibility index (Phi) is 5.40. The van der Waals surface area contributed by atoms with E-state index in [1.807, 2.05) is 19.1 Å². The molecule has 0 spiro atoms. The molecule has 0 atom stereocenters. The summed E-state index contributed by atoms with van der Waals surface area (Å²) in [5.41, 5.74) is 0.898. The molecule has 0 aromatic carbocycles. The molecule has 82 valence electrons. The van der Waals surface area contributed by atoms with Crippen LogP contribution in [0.15, 0.2) is 24.5 Å². The van der Waals surface area contributed by atoms with Gasteiger partial charge < -0.3 is 10.1 Å². The Balaban J connectivity index is 2.49. The normalized spacial score (nSPS) is 10.8. The molecule has 15 heavy (non-hydrogen) atoms. The lowest BCUT2D eigenvalue weighted by atomic mass is 10.4. The summed E-state index contributed by atoms with van der Waals surface area (Å²) in [5.74, 6) is 0.573. The second kappa shape index (κ2) is 6.95. The van der Waals surface area contributed by atoms with Crippen LogP contribution in [0.2, 0.25) is 0 Å². The maximum Gasteiger partial charge on any atom is 0.232 e. The lowest BCUT2D eigenvalue weighted by Gasteiger charge is -2.04. The Labute approximate surface area is 90.4 Å². The van der Waals surface area contributed by atoms with Crippen molar-refractivity contribution in [2.24, 2.45) is 0 Å². The Morgan fingerprint density at radius 3 is 3.07 bits per heavy atom. The van der Waals surface area contributed by atoms with Crippen molar-refractivity contribution in [2.75, 3.05) is 13.2 Å². The molecule has 0 unspecified atom stereocenters. The van der Waals surface area contributed by atoms with Crippen LogP contribution in [0.4, 0.5) is 0 Å². The highest BCUT2D eigenvalue weighted by Gasteiger charge is 1.97. The second-order valence-corrected chi connectivity index (χ2v) is 3.01. The first kappa shape index (κ1) is 11.7. The average Bonchev–Trinajstić information content (AvgIpc) is 2.27. The van der Waals surface area contributed by atoms with Crippen molar-refractivity contribution in [3.05, 3.63) is 30.2 Å². The van der Waals surface area contributed by atoms with Crippen molar-refractivity contribution in [1.82, 2.24) is 15.3 Å². The summed E-state index contributed by atoms with van der Waals surface area (Å²) in [6.07, 6.45) is 7.23. The summed E-state index contributed by atoms with van der Waals surface area (Å²) in [6, 6.07) is 0. The van der Waals surface area contributed by atoms with Gasteiger partial charge in [0.15, 0.2) is 0 Å². The SMILES string of the molecule is CC=CCOc1cncc(CNCC)n1. The highest BCUT2D eigenvalue weighted by Crippen LogP contribution is 2.04. The van der Waals surface area contributed by atoms with Gasteiger partial charge in [0.1, 0.15) is 6.61 Å². The van der Waals surface area contributed by atoms with Crippen molar-refractivity contribution in [2.45, 2.75) is 20.4 Å². The highest BCUT2D eigenvalue weighted by atomic mass is 16.5. The van der Waals surface area contributed by atoms with Crippen LogP contribution >= 0.6 is 0 Å². The molecule has 0 amide bonds. The van der Waals surface area contributed by atoms with E-state index in [0.29, 0.717) is 12.5 Å². The molecule has 0 fully saturated rings. The Morgan fingerprint density at radius 1 is 1.47 bits per heavy atom. The third-order valence-corrected chi connectivity index (χ3v) is 1.78. The predicted molar refractivity (Wildman–Crippen MR) is 59.7 cm³/mol. The molecular formula is C11H17N3O. The van der Waals surface area contributed by atoms with Crippen LogP contribution in [0.25, 0.3) is 0 Å². The van der Waals surface area contributed by atoms with Gasteiger partial charge in [-0.1, -0.05) is 19.1 Å². The van der Waals surface area contributed by atoms with Crippen molar-refractivity contribution in [3.63, 3.8) is 0 Å². The fourth-order valence-corrected chi connectivity index (χ4v) is 1.02. The monoisotopic (exact) mass is 207 g/mol. The third kappa shape index (κ3) is 4.56. The lowest BCUT2D eigenvalue weighted by molar-refractivity contribution is 0.345. The lowest BCUT2D eigenvalue weighted by Crippen LogP contribution is -2.13. The number of nitrogens with one attached hydrogen (secondary N) is 1. The number of allylic oxidation sites excluding steroid dienone is 1. The van der Waals surface area contributed by atoms with Crippen molar-refractivity contribution in [3.8, 4) is 5.88 Å². The van der Waals surface area contributed by atoms with E-state index in [2.05, 4.69) is 22.2 Å². The second-order valence-electron chi connectivity index (χ2n) is 3.01. The number of ether oxygens (including phenoxy) is 1. The van der Waals surface area contributed by atoms with E-state index in [-0.39, 0.29) is 0 Å². The summed E-state index contributed by atoms with van der Waals surface area (Å²) in [5, 5.41) is 3.19. The summed E-state index contributed by atoms with van der Waals surface area (Å²) >= 11 is 0. The van der Waals surface area contributed by atoms with E-state index in [1.54, 1.807) is 12.4 Å². The molecule has 1 aromatic heterocycles. The maximum atomic E-state index is 5.38. The molecule has 1 heterocycles. The quantitative estimate of drug-likeness (QED) is 0.719. The van der Waals surface area contributed by atoms with E-state index in [9.17, 15) is 0 Å². The van der Waals surface area contributed by atoms with Crippen molar-refractivity contribution in [1.29, 1.82) is 0 Å². The molecule has 0 aliphatic carbocycles. The molecule has 0 aliphatic rings. The first-order chi connectivity index (χ1) is 7.36. The van der Waals surface area contributed by atoms with Gasteiger partial charge in [0, 0.05) is 12.7 Å². The topological polar surface area (TPSA) is 47.0 Å². The largest absolute Gasteiger partial charge is 0.472 e. The van der Waals surface area contributed by atoms with Crippen LogP contribution in [0, 0.1) is 0 Å². The number of rotatable bonds is 6. The summed E-state index contributed by atoms with van der Waals surface area (Å²) in [7, 11) is 0. The Hall–Kier alpha value is -1.42. The minimum Gasteiger partial charge on any atom is -0.472 e. The van der Waals surface area contributed by atoms with Crippen molar-refractivity contribution < 1.29 is 4.74 Å². The van der Waals surface area contributed by atoms with Crippen LogP contribution in [-0.4, -0.2) is 23.1 Å². The zero-order valence-corrected chi connectivity index (χ0v) is 9.23. The van der Waals surface area contributed by atoms with Crippen LogP contribution in [0.1, 0.15) is 19.5 Å². The van der Waals surface area contributed by atoms with Crippen LogP contribution in [-0.2, 0) is 6.54 Å². The van der Waals surface area contributed by atoms with Gasteiger partial charge in [-0.25, -0.2) is 4.98 Å². The van der Waals surface area contributed by atoms with Crippen LogP contribution < -0.4 is 10.1 Å². The standard InChI is InChI=1S/C11H17N3O/c1-3-5-6-15-11-9-13-8-10(14-11)7-12-4-2/h3,5,8-9,12H,4,6-7H2,1-2H3. The summed E-state index contributed by atoms with van der Waals surface area (Å²) in [6.45, 7) is 6.20. The molecule has 1 rings (SSSR count). The Bertz CT molecular complexity index is 312. The van der Waals surface area contributed by atoms with Gasteiger partial charge in [-0.2, -0.15) is 0 Å². The first-order valence-corrected chi connectivity index (χ1v) is 5.12. The smallest absolute Gasteiger partial charge is 0.232 e. The summed E-state index contributed by atoms with van der Waals surface area (Å²) in [4.78, 5) is 8.37. The zero-order valence-electron chi connectivity index (χ0n) is 9.23. The highest BCUT2D eigenvalue weighted by molar-refractivity contribution is 5.08. The Morgan fingerprint density at radius 2 is 2.33 bits per heavy atom. The third-order valence-electron chi connectivity index (χ3n) is 1.78. The molecule has 0 bridgehead atoms. The van der Waals surface area contributed by atoms with E-state index >= 15 is 0 Å². The van der Waals surface area contributed by atoms with Gasteiger partial charge in [-0.3, -0.25) is 4.98 Å². The van der Waals surface area contributed by atoms with E-state index < -0.39 is 0 Å². The molecule has 0 saturated carbocycles. The van der Waals surface area contributed by atoms with E-state index in [0.717, 1.165) is 18.8 Å². The van der Waals surface area contributed by atoms with Crippen LogP contribution in [0.3, 0.4) is 0 Å². The van der Waals surface area contributed by atoms with Gasteiger partial charge in [0.05, 0.1) is 11.9 Å². The van der Waals surface area contributed by atoms with E-state index in [4.69, 9.17) is 4.74 Å². The minimum atomic E-state index is 0.538. The fourth-order valence-electron chi connectivity index (χ4n) is 1.02. The maximum absolute atomic E-state index is 5.38. The fraction of sp³-hybridized carbons (Fsp3) is 0.455. The van der Waals surface area contributed by atoms with E-state index in [1.165, 1.54) is 0 Å². The predicted octanol–water partition coefficient (Wildman–Crippen LogP) is 1.54. The number of nitrogens with zero attached hydrogens (tertiary/aromatic N) is 2. The number of hydrogen-bond donors (Lipinski definition) is 1. The van der Waals surface area contributed by atoms with Crippen LogP contribution in [0.5, 0.6) is 5.88 Å². The van der Waals surface area contributed by atoms with Crippen molar-refractivity contribution >= 4 is 0 Å². The number of aromatic nitrogens is 2. The minimum absolute atomic E-state index is 0.538. The molecule has 4 nitrogen and oxygen atoms in total. The molecule has 1 N–H and O–H groups in total. The number of hydrogen-bond acceptors (Lipinski definition) is 4. The molecule has 0 saturated heterocycles. The van der Waals surface area contributed by atoms with Gasteiger partial charge >= 0.3 is 0 Å². The molecule has 4 heteroatoms. The van der Waals surface area contributed by atoms with Gasteiger partial charge in [0.2, 0.25) is 5.88 Å². The molecular weight excluding hydrogens is 190 g/mol. The first-order valence-electron chi connectivity index (χ1n) is 5.12. The average molecular weight is 207 g/mol. The zero-order chi connectivity index (χ0) is 10.9. The van der Waals surface area contributed by atoms with Gasteiger partial charge in [-0.15, -0.1) is 0 Å². The van der Waals surface area contributed by atoms with Gasteiger partial charge in [0.25, 0.3) is 0 Å². The summed E-state index contributed by atoms with van der Waals surface area (Å²) < 4.78 is 5.38. The molecule has 0 aliphatic heterocycles. The molecule has 0 radical (unpaired) electrons.